The number of hydrogen-bond acceptors (Lipinski definition) is 15. The van der Waals surface area contributed by atoms with E-state index in [0.717, 1.165) is 25.7 Å². The van der Waals surface area contributed by atoms with Gasteiger partial charge in [-0.3, -0.25) is 0 Å². The monoisotopic (exact) mass is 626 g/mol. The van der Waals surface area contributed by atoms with Gasteiger partial charge in [0.1, 0.15) is 26.4 Å². The molecule has 0 fully saturated rings. The molecule has 0 saturated heterocycles. The molecule has 0 rings (SSSR count). The highest BCUT2D eigenvalue weighted by Gasteiger charge is 2.21. The van der Waals surface area contributed by atoms with Gasteiger partial charge < -0.3 is 52.1 Å². The van der Waals surface area contributed by atoms with Crippen LogP contribution in [-0.4, -0.2) is 129 Å². The summed E-state index contributed by atoms with van der Waals surface area (Å²) in [7, 11) is 0. The molecule has 0 aromatic rings. The second-order valence-electron chi connectivity index (χ2n) is 8.82. The lowest BCUT2D eigenvalue weighted by molar-refractivity contribution is -0.156. The zero-order valence-electron chi connectivity index (χ0n) is 26.0. The summed E-state index contributed by atoms with van der Waals surface area (Å²) >= 11 is 0. The number of carbonyl (C=O) groups is 4. The minimum absolute atomic E-state index is 0.00821. The third-order valence-electron chi connectivity index (χ3n) is 5.08. The highest BCUT2D eigenvalue weighted by atomic mass is 16.7. The van der Waals surface area contributed by atoms with E-state index in [1.54, 1.807) is 0 Å². The predicted molar refractivity (Wildman–Crippen MR) is 150 cm³/mol. The minimum Gasteiger partial charge on any atom is -0.461 e. The first-order valence-corrected chi connectivity index (χ1v) is 14.7. The van der Waals surface area contributed by atoms with Crippen molar-refractivity contribution in [3.63, 3.8) is 0 Å². The molecular formula is C28H50O15. The van der Waals surface area contributed by atoms with Gasteiger partial charge >= 0.3 is 24.2 Å². The molecule has 0 radical (unpaired) electrons. The second kappa shape index (κ2) is 29.4. The third-order valence-corrected chi connectivity index (χ3v) is 5.08. The van der Waals surface area contributed by atoms with Crippen molar-refractivity contribution in [2.45, 2.75) is 65.6 Å². The van der Waals surface area contributed by atoms with Gasteiger partial charge in [-0.05, 0) is 26.7 Å². The molecule has 0 aliphatic heterocycles. The third kappa shape index (κ3) is 26.6. The molecule has 0 aromatic carbocycles. The molecule has 2 unspecified atom stereocenters. The number of rotatable bonds is 28. The van der Waals surface area contributed by atoms with Crippen LogP contribution >= 0.6 is 0 Å². The van der Waals surface area contributed by atoms with Gasteiger partial charge in [-0.2, -0.15) is 0 Å². The molecule has 0 aromatic heterocycles. The van der Waals surface area contributed by atoms with Crippen molar-refractivity contribution in [3.8, 4) is 0 Å². The Morgan fingerprint density at radius 1 is 0.419 bits per heavy atom. The maximum absolute atomic E-state index is 11.9. The Bertz CT molecular complexity index is 660. The lowest BCUT2D eigenvalue weighted by Gasteiger charge is -2.13. The number of hydrogen-bond donors (Lipinski definition) is 0. The molecule has 0 aliphatic rings. The Labute approximate surface area is 253 Å². The van der Waals surface area contributed by atoms with Crippen LogP contribution in [0, 0.1) is 0 Å². The molecule has 0 amide bonds. The van der Waals surface area contributed by atoms with Gasteiger partial charge in [-0.1, -0.05) is 26.7 Å². The van der Waals surface area contributed by atoms with E-state index in [-0.39, 0.29) is 52.9 Å². The van der Waals surface area contributed by atoms with Crippen LogP contribution < -0.4 is 0 Å². The summed E-state index contributed by atoms with van der Waals surface area (Å²) < 4.78 is 55.6. The van der Waals surface area contributed by atoms with E-state index in [1.165, 1.54) is 13.8 Å². The summed E-state index contributed by atoms with van der Waals surface area (Å²) in [6.45, 7) is 9.94. The maximum atomic E-state index is 11.9. The largest absolute Gasteiger partial charge is 0.509 e. The smallest absolute Gasteiger partial charge is 0.461 e. The standard InChI is InChI=1S/C28H50O15/c1-5-7-9-33-11-13-35-15-19-38-25(29)23(3)42-27(31)40-21-17-37-18-22-41-28(32)43-24(4)26(30)39-20-16-36-14-12-34-10-8-6-2/h23-24H,5-22H2,1-4H3. The molecule has 43 heavy (non-hydrogen) atoms. The molecule has 2 atom stereocenters. The fourth-order valence-electron chi connectivity index (χ4n) is 2.70. The van der Waals surface area contributed by atoms with E-state index in [4.69, 9.17) is 52.1 Å². The fourth-order valence-corrected chi connectivity index (χ4v) is 2.70. The van der Waals surface area contributed by atoms with Crippen molar-refractivity contribution in [1.82, 2.24) is 0 Å². The Morgan fingerprint density at radius 2 is 0.698 bits per heavy atom. The van der Waals surface area contributed by atoms with Crippen LogP contribution in [0.2, 0.25) is 0 Å². The summed E-state index contributed by atoms with van der Waals surface area (Å²) in [5.74, 6) is -1.48. The Kier molecular flexibility index (Phi) is 27.5. The van der Waals surface area contributed by atoms with Gasteiger partial charge in [0, 0.05) is 13.2 Å². The molecule has 252 valence electrons. The second-order valence-corrected chi connectivity index (χ2v) is 8.82. The van der Waals surface area contributed by atoms with E-state index in [9.17, 15) is 19.2 Å². The average Bonchev–Trinajstić information content (AvgIpc) is 2.98. The van der Waals surface area contributed by atoms with E-state index < -0.39 is 36.5 Å². The van der Waals surface area contributed by atoms with Crippen molar-refractivity contribution in [1.29, 1.82) is 0 Å². The summed E-state index contributed by atoms with van der Waals surface area (Å²) in [5, 5.41) is 0. The van der Waals surface area contributed by atoms with Gasteiger partial charge in [0.25, 0.3) is 0 Å². The molecule has 0 N–H and O–H groups in total. The Balaban J connectivity index is 3.68. The van der Waals surface area contributed by atoms with E-state index in [1.807, 2.05) is 0 Å². The summed E-state index contributed by atoms with van der Waals surface area (Å²) in [6, 6.07) is 0. The van der Waals surface area contributed by atoms with Crippen LogP contribution in [0.25, 0.3) is 0 Å². The first-order chi connectivity index (χ1) is 20.8. The van der Waals surface area contributed by atoms with E-state index >= 15 is 0 Å². The predicted octanol–water partition coefficient (Wildman–Crippen LogP) is 2.84. The van der Waals surface area contributed by atoms with Gasteiger partial charge in [-0.25, -0.2) is 19.2 Å². The molecule has 15 nitrogen and oxygen atoms in total. The van der Waals surface area contributed by atoms with Crippen molar-refractivity contribution in [2.75, 3.05) is 92.5 Å². The summed E-state index contributed by atoms with van der Waals surface area (Å²) in [6.07, 6.45) is -0.372. The van der Waals surface area contributed by atoms with Gasteiger partial charge in [0.15, 0.2) is 12.2 Å². The van der Waals surface area contributed by atoms with Crippen molar-refractivity contribution in [3.05, 3.63) is 0 Å². The van der Waals surface area contributed by atoms with E-state index in [0.29, 0.717) is 39.6 Å². The van der Waals surface area contributed by atoms with Crippen LogP contribution in [0.15, 0.2) is 0 Å². The van der Waals surface area contributed by atoms with Crippen molar-refractivity contribution < 1.29 is 71.3 Å². The van der Waals surface area contributed by atoms with Crippen molar-refractivity contribution >= 4 is 24.2 Å². The van der Waals surface area contributed by atoms with Crippen LogP contribution in [0.3, 0.4) is 0 Å². The molecular weight excluding hydrogens is 576 g/mol. The highest BCUT2D eigenvalue weighted by molar-refractivity contribution is 5.77. The van der Waals surface area contributed by atoms with Gasteiger partial charge in [0.2, 0.25) is 0 Å². The SMILES string of the molecule is CCCCOCCOCCOC(=O)C(C)OC(=O)OCCOCCOC(=O)OC(C)C(=O)OCCOCCOCCCC. The molecule has 15 heteroatoms. The first-order valence-electron chi connectivity index (χ1n) is 14.7. The Morgan fingerprint density at radius 3 is 1.02 bits per heavy atom. The quantitative estimate of drug-likeness (QED) is 0.0705. The zero-order valence-corrected chi connectivity index (χ0v) is 26.0. The van der Waals surface area contributed by atoms with Crippen LogP contribution in [0.1, 0.15) is 53.4 Å². The average molecular weight is 627 g/mol. The molecule has 0 spiro atoms. The molecule has 0 aliphatic carbocycles. The normalized spacial score (nSPS) is 12.2. The van der Waals surface area contributed by atoms with Gasteiger partial charge in [-0.15, -0.1) is 0 Å². The lowest BCUT2D eigenvalue weighted by atomic mass is 10.4. The summed E-state index contributed by atoms with van der Waals surface area (Å²) in [5.41, 5.74) is 0. The Hall–Kier alpha value is -2.72. The number of esters is 2. The lowest BCUT2D eigenvalue weighted by Crippen LogP contribution is -2.28. The van der Waals surface area contributed by atoms with E-state index in [2.05, 4.69) is 13.8 Å². The first kappa shape index (κ1) is 40.3. The molecule has 0 saturated carbocycles. The van der Waals surface area contributed by atoms with Crippen LogP contribution in [0.5, 0.6) is 0 Å². The number of ether oxygens (including phenoxy) is 11. The zero-order chi connectivity index (χ0) is 32.0. The highest BCUT2D eigenvalue weighted by Crippen LogP contribution is 2.00. The van der Waals surface area contributed by atoms with Gasteiger partial charge in [0.05, 0.1) is 52.9 Å². The maximum Gasteiger partial charge on any atom is 0.509 e. The van der Waals surface area contributed by atoms with Crippen LogP contribution in [-0.2, 0) is 61.7 Å². The topological polar surface area (TPSA) is 170 Å². The van der Waals surface area contributed by atoms with Crippen molar-refractivity contribution in [2.24, 2.45) is 0 Å². The minimum atomic E-state index is -1.17. The van der Waals surface area contributed by atoms with Crippen LogP contribution in [0.4, 0.5) is 9.59 Å². The molecule has 0 bridgehead atoms. The summed E-state index contributed by atoms with van der Waals surface area (Å²) in [4.78, 5) is 47.1. The fraction of sp³-hybridized carbons (Fsp3) is 0.857. The molecule has 0 heterocycles. The number of carbonyl (C=O) groups excluding carboxylic acids is 4. The number of unbranched alkanes of at least 4 members (excludes halogenated alkanes) is 2.